The van der Waals surface area contributed by atoms with E-state index in [-0.39, 0.29) is 36.3 Å². The van der Waals surface area contributed by atoms with Crippen molar-refractivity contribution in [3.63, 3.8) is 0 Å². The number of aryl methyl sites for hydroxylation is 1. The van der Waals surface area contributed by atoms with Gasteiger partial charge >= 0.3 is 11.7 Å². The predicted molar refractivity (Wildman–Crippen MR) is 194 cm³/mol. The van der Waals surface area contributed by atoms with Crippen LogP contribution in [0.1, 0.15) is 52.4 Å². The van der Waals surface area contributed by atoms with Crippen LogP contribution in [0.25, 0.3) is 22.4 Å². The first-order valence-corrected chi connectivity index (χ1v) is 17.4. The van der Waals surface area contributed by atoms with Gasteiger partial charge in [0.25, 0.3) is 11.5 Å². The van der Waals surface area contributed by atoms with Gasteiger partial charge in [-0.05, 0) is 61.4 Å². The number of aliphatic hydroxyl groups is 1. The zero-order valence-electron chi connectivity index (χ0n) is 28.7. The van der Waals surface area contributed by atoms with Crippen LogP contribution in [0.3, 0.4) is 0 Å². The topological polar surface area (TPSA) is 160 Å². The van der Waals surface area contributed by atoms with Gasteiger partial charge in [-0.25, -0.2) is 14.6 Å². The Bertz CT molecular complexity index is 2180. The summed E-state index contributed by atoms with van der Waals surface area (Å²) in [6.07, 6.45) is 4.77. The van der Waals surface area contributed by atoms with E-state index in [0.29, 0.717) is 28.8 Å². The summed E-state index contributed by atoms with van der Waals surface area (Å²) >= 11 is 7.16. The molecule has 4 heterocycles. The summed E-state index contributed by atoms with van der Waals surface area (Å²) in [7, 11) is 2.93. The van der Waals surface area contributed by atoms with E-state index in [9.17, 15) is 24.3 Å². The Kier molecular flexibility index (Phi) is 9.21. The molecular formula is C37H40ClN7O6. The average molecular weight is 714 g/mol. The number of methoxy groups -OCH3 is 1. The molecule has 7 rings (SSSR count). The molecule has 0 bridgehead atoms. The van der Waals surface area contributed by atoms with Crippen LogP contribution < -0.4 is 31.9 Å². The van der Waals surface area contributed by atoms with Crippen molar-refractivity contribution in [2.24, 2.45) is 7.05 Å². The number of fused-ring (bicyclic) bond motifs is 1. The molecule has 3 aliphatic rings. The van der Waals surface area contributed by atoms with Crippen LogP contribution >= 0.6 is 11.6 Å². The lowest BCUT2D eigenvalue weighted by Gasteiger charge is -2.36. The number of rotatable bonds is 8. The van der Waals surface area contributed by atoms with E-state index in [4.69, 9.17) is 21.3 Å². The molecule has 14 heteroatoms. The third kappa shape index (κ3) is 6.19. The number of aliphatic hydroxyl groups excluding tert-OH is 1. The number of hydrogen-bond acceptors (Lipinski definition) is 8. The van der Waals surface area contributed by atoms with Gasteiger partial charge in [0.1, 0.15) is 5.56 Å². The molecule has 1 aliphatic carbocycles. The van der Waals surface area contributed by atoms with Crippen molar-refractivity contribution < 1.29 is 19.4 Å². The van der Waals surface area contributed by atoms with E-state index in [1.165, 1.54) is 13.2 Å². The molecule has 4 N–H and O–H groups in total. The lowest BCUT2D eigenvalue weighted by Crippen LogP contribution is -2.59. The summed E-state index contributed by atoms with van der Waals surface area (Å²) < 4.78 is 7.89. The molecule has 0 saturated carbocycles. The van der Waals surface area contributed by atoms with Crippen molar-refractivity contribution in [3.05, 3.63) is 96.8 Å². The quantitative estimate of drug-likeness (QED) is 0.216. The average Bonchev–Trinajstić information content (AvgIpc) is 3.73. The van der Waals surface area contributed by atoms with Gasteiger partial charge in [-0.3, -0.25) is 23.6 Å². The van der Waals surface area contributed by atoms with Crippen LogP contribution in [-0.4, -0.2) is 75.0 Å². The molecule has 0 radical (unpaired) electrons. The minimum atomic E-state index is -0.737. The monoisotopic (exact) mass is 713 g/mol. The number of nitrogens with one attached hydrogen (secondary N) is 3. The fraction of sp³-hybridized carbons (Fsp3) is 0.378. The van der Waals surface area contributed by atoms with Crippen molar-refractivity contribution >= 4 is 29.2 Å². The maximum Gasteiger partial charge on any atom is 0.330 e. The molecule has 2 aliphatic heterocycles. The molecule has 3 amide bonds. The molecule has 266 valence electrons. The van der Waals surface area contributed by atoms with Crippen LogP contribution in [0.15, 0.2) is 58.3 Å². The summed E-state index contributed by atoms with van der Waals surface area (Å²) in [5, 5.41) is 18.7. The molecule has 1 spiro atoms. The molecular weight excluding hydrogens is 674 g/mol. The summed E-state index contributed by atoms with van der Waals surface area (Å²) in [6, 6.07) is 13.3. The number of anilines is 1. The Labute approximate surface area is 299 Å². The summed E-state index contributed by atoms with van der Waals surface area (Å²) in [5.74, 6) is -0.112. The molecule has 2 atom stereocenters. The first kappa shape index (κ1) is 34.5. The van der Waals surface area contributed by atoms with Crippen LogP contribution in [0.4, 0.5) is 10.5 Å². The van der Waals surface area contributed by atoms with Crippen molar-refractivity contribution in [2.75, 3.05) is 38.7 Å². The Morgan fingerprint density at radius 2 is 1.90 bits per heavy atom. The Balaban J connectivity index is 1.18. The molecule has 13 nitrogen and oxygen atoms in total. The highest BCUT2D eigenvalue weighted by molar-refractivity contribution is 6.36. The number of amides is 3. The van der Waals surface area contributed by atoms with E-state index in [2.05, 4.69) is 26.9 Å². The highest BCUT2D eigenvalue weighted by Gasteiger charge is 2.45. The number of halogens is 1. The number of carbonyl (C=O) groups is 2. The first-order valence-electron chi connectivity index (χ1n) is 17.0. The van der Waals surface area contributed by atoms with Gasteiger partial charge in [-0.15, -0.1) is 0 Å². The van der Waals surface area contributed by atoms with Crippen LogP contribution in [-0.2, 0) is 20.0 Å². The zero-order chi connectivity index (χ0) is 36.0. The summed E-state index contributed by atoms with van der Waals surface area (Å²) in [6.45, 7) is 3.82. The summed E-state index contributed by atoms with van der Waals surface area (Å²) in [4.78, 5) is 58.1. The Hall–Kier alpha value is -4.98. The Morgan fingerprint density at radius 1 is 1.14 bits per heavy atom. The fourth-order valence-corrected chi connectivity index (χ4v) is 8.15. The van der Waals surface area contributed by atoms with Crippen LogP contribution in [0.5, 0.6) is 5.88 Å². The number of aromatic nitrogens is 3. The number of carbonyl (C=O) groups excluding carboxylic acids is 2. The van der Waals surface area contributed by atoms with Crippen LogP contribution in [0.2, 0.25) is 5.02 Å². The van der Waals surface area contributed by atoms with Crippen molar-refractivity contribution in [1.82, 2.24) is 29.7 Å². The molecule has 0 unspecified atom stereocenters. The lowest BCUT2D eigenvalue weighted by atomic mass is 9.93. The normalized spacial score (nSPS) is 19.9. The van der Waals surface area contributed by atoms with E-state index in [0.717, 1.165) is 81.3 Å². The minimum Gasteiger partial charge on any atom is -0.481 e. The minimum absolute atomic E-state index is 0.0554. The molecule has 2 aromatic heterocycles. The van der Waals surface area contributed by atoms with Gasteiger partial charge in [0, 0.05) is 61.3 Å². The van der Waals surface area contributed by atoms with Gasteiger partial charge in [-0.1, -0.05) is 41.9 Å². The van der Waals surface area contributed by atoms with Gasteiger partial charge < -0.3 is 25.8 Å². The number of nitrogens with zero attached hydrogens (tertiary/aromatic N) is 4. The number of hydrogen-bond donors (Lipinski definition) is 4. The van der Waals surface area contributed by atoms with Gasteiger partial charge in [0.05, 0.1) is 36.5 Å². The SMILES string of the molecule is COc1nc(-c2cccc(-c3cccc(NC(=O)c4cn(CCO)c(=O)n(C)c4=O)c3C)c2Cl)cc2c1[C@@H](N1CC[C@]3(CCNC(=O)N3)C1)CC2. The van der Waals surface area contributed by atoms with E-state index in [1.807, 2.05) is 31.2 Å². The van der Waals surface area contributed by atoms with E-state index < -0.39 is 17.2 Å². The molecule has 4 aromatic rings. The van der Waals surface area contributed by atoms with Crippen molar-refractivity contribution in [1.29, 1.82) is 0 Å². The van der Waals surface area contributed by atoms with E-state index in [1.54, 1.807) is 19.2 Å². The zero-order valence-corrected chi connectivity index (χ0v) is 29.5. The maximum atomic E-state index is 13.3. The number of likely N-dealkylation sites (tertiary alicyclic amines) is 1. The second-order valence-electron chi connectivity index (χ2n) is 13.5. The molecule has 2 fully saturated rings. The number of benzene rings is 2. The fourth-order valence-electron chi connectivity index (χ4n) is 7.82. The van der Waals surface area contributed by atoms with Gasteiger partial charge in [-0.2, -0.15) is 0 Å². The molecule has 51 heavy (non-hydrogen) atoms. The molecule has 2 aromatic carbocycles. The lowest BCUT2D eigenvalue weighted by molar-refractivity contribution is 0.102. The Morgan fingerprint density at radius 3 is 2.67 bits per heavy atom. The van der Waals surface area contributed by atoms with Gasteiger partial charge in [0.15, 0.2) is 0 Å². The number of urea groups is 1. The highest BCUT2D eigenvalue weighted by atomic mass is 35.5. The second kappa shape index (κ2) is 13.6. The summed E-state index contributed by atoms with van der Waals surface area (Å²) in [5.41, 5.74) is 4.59. The van der Waals surface area contributed by atoms with Crippen molar-refractivity contribution in [2.45, 2.75) is 50.7 Å². The third-order valence-electron chi connectivity index (χ3n) is 10.5. The van der Waals surface area contributed by atoms with E-state index >= 15 is 0 Å². The molecule has 2 saturated heterocycles. The second-order valence-corrected chi connectivity index (χ2v) is 13.9. The third-order valence-corrected chi connectivity index (χ3v) is 10.9. The van der Waals surface area contributed by atoms with Gasteiger partial charge in [0.2, 0.25) is 5.88 Å². The standard InChI is InChI=1S/C37H40ClN7O6/c1-21-23(6-5-9-27(21)40-32(47)26-19-44(16-17-46)36(50)43(2)34(26)48)24-7-4-8-25(31(24)38)28-18-22-10-11-29(30(22)33(41-28)51-3)45-15-13-37(20-45)12-14-39-35(49)42-37/h4-9,18-19,29,46H,10-17,20H2,1-3H3,(H,40,47)(H2,39,42,49)/t29-,37+/m0/s1. The number of pyridine rings is 1. The smallest absolute Gasteiger partial charge is 0.330 e. The highest BCUT2D eigenvalue weighted by Crippen LogP contribution is 2.46. The van der Waals surface area contributed by atoms with Crippen molar-refractivity contribution in [3.8, 4) is 28.3 Å². The first-order chi connectivity index (χ1) is 24.5. The maximum absolute atomic E-state index is 13.3. The predicted octanol–water partition coefficient (Wildman–Crippen LogP) is 3.63. The largest absolute Gasteiger partial charge is 0.481 e. The number of ether oxygens (including phenoxy) is 1. The van der Waals surface area contributed by atoms with Crippen LogP contribution in [0, 0.1) is 6.92 Å².